The van der Waals surface area contributed by atoms with Crippen LogP contribution in [0.2, 0.25) is 0 Å². The van der Waals surface area contributed by atoms with Crippen molar-refractivity contribution in [1.82, 2.24) is 0 Å². The van der Waals surface area contributed by atoms with Crippen LogP contribution in [0, 0.1) is 0 Å². The Balaban J connectivity index is 3.13. The molecular formula is C7H6O4S. The second-order valence-corrected chi connectivity index (χ2v) is 2.26. The van der Waals surface area contributed by atoms with Crippen LogP contribution in [0.4, 0.5) is 0 Å². The molecule has 2 N–H and O–H groups in total. The van der Waals surface area contributed by atoms with E-state index in [1.165, 1.54) is 18.2 Å². The number of carboxylic acids is 1. The van der Waals surface area contributed by atoms with E-state index in [-0.39, 0.29) is 17.1 Å². The van der Waals surface area contributed by atoms with E-state index in [1.807, 2.05) is 0 Å². The summed E-state index contributed by atoms with van der Waals surface area (Å²) in [6.07, 6.45) is 0. The Labute approximate surface area is 74.0 Å². The van der Waals surface area contributed by atoms with Gasteiger partial charge in [-0.05, 0) is 12.1 Å². The van der Waals surface area contributed by atoms with Crippen LogP contribution in [0.15, 0.2) is 18.2 Å². The minimum Gasteiger partial charge on any atom is -0.504 e. The van der Waals surface area contributed by atoms with Gasteiger partial charge in [-0.2, -0.15) is 0 Å². The quantitative estimate of drug-likeness (QED) is 0.481. The summed E-state index contributed by atoms with van der Waals surface area (Å²) in [7, 11) is 0. The Morgan fingerprint density at radius 2 is 2.17 bits per heavy atom. The normalized spacial score (nSPS) is 9.42. The van der Waals surface area contributed by atoms with Crippen molar-refractivity contribution in [2.24, 2.45) is 0 Å². The van der Waals surface area contributed by atoms with Crippen molar-refractivity contribution >= 4 is 18.9 Å². The maximum atomic E-state index is 10.4. The van der Waals surface area contributed by atoms with E-state index < -0.39 is 5.97 Å². The Morgan fingerprint density at radius 1 is 1.50 bits per heavy atom. The first kappa shape index (κ1) is 8.73. The number of rotatable bonds is 2. The van der Waals surface area contributed by atoms with Gasteiger partial charge in [0.05, 0.1) is 5.56 Å². The van der Waals surface area contributed by atoms with E-state index in [9.17, 15) is 4.79 Å². The van der Waals surface area contributed by atoms with Crippen molar-refractivity contribution in [3.05, 3.63) is 23.8 Å². The zero-order valence-electron chi connectivity index (χ0n) is 5.89. The second-order valence-electron chi connectivity index (χ2n) is 2.08. The van der Waals surface area contributed by atoms with Gasteiger partial charge in [0.1, 0.15) is 0 Å². The number of aromatic hydroxyl groups is 1. The maximum Gasteiger partial charge on any atom is 0.335 e. The lowest BCUT2D eigenvalue weighted by atomic mass is 10.2. The van der Waals surface area contributed by atoms with Crippen molar-refractivity contribution in [2.45, 2.75) is 0 Å². The van der Waals surface area contributed by atoms with E-state index in [0.717, 1.165) is 0 Å². The number of aromatic carboxylic acids is 1. The lowest BCUT2D eigenvalue weighted by Gasteiger charge is -2.01. The maximum absolute atomic E-state index is 10.4. The standard InChI is InChI=1S/C7H6O4S/c8-5-2-1-4(7(9)10)3-6(5)11-12/h1-3,8,12H,(H,9,10). The third kappa shape index (κ3) is 1.62. The predicted octanol–water partition coefficient (Wildman–Crippen LogP) is 1.31. The van der Waals surface area contributed by atoms with Crippen LogP contribution in [0.5, 0.6) is 11.5 Å². The van der Waals surface area contributed by atoms with E-state index in [1.54, 1.807) is 0 Å². The molecule has 12 heavy (non-hydrogen) atoms. The Kier molecular flexibility index (Phi) is 2.44. The molecule has 5 heteroatoms. The number of hydrogen-bond donors (Lipinski definition) is 3. The first-order chi connectivity index (χ1) is 5.65. The number of hydrogen-bond acceptors (Lipinski definition) is 4. The molecule has 64 valence electrons. The van der Waals surface area contributed by atoms with Crippen LogP contribution in [-0.2, 0) is 0 Å². The second kappa shape index (κ2) is 3.36. The summed E-state index contributed by atoms with van der Waals surface area (Å²) >= 11 is 3.44. The number of benzene rings is 1. The fourth-order valence-electron chi connectivity index (χ4n) is 0.720. The van der Waals surface area contributed by atoms with Crippen LogP contribution >= 0.6 is 12.9 Å². The molecule has 0 aliphatic carbocycles. The van der Waals surface area contributed by atoms with Gasteiger partial charge in [0.2, 0.25) is 0 Å². The average Bonchev–Trinajstić information content (AvgIpc) is 2.05. The highest BCUT2D eigenvalue weighted by Gasteiger charge is 2.07. The van der Waals surface area contributed by atoms with Crippen molar-refractivity contribution in [2.75, 3.05) is 0 Å². The summed E-state index contributed by atoms with van der Waals surface area (Å²) in [4.78, 5) is 10.4. The molecule has 0 amide bonds. The number of thiol groups is 1. The Morgan fingerprint density at radius 3 is 2.67 bits per heavy atom. The molecular weight excluding hydrogens is 180 g/mol. The van der Waals surface area contributed by atoms with Crippen LogP contribution in [0.1, 0.15) is 10.4 Å². The van der Waals surface area contributed by atoms with E-state index in [0.29, 0.717) is 0 Å². The zero-order chi connectivity index (χ0) is 9.14. The van der Waals surface area contributed by atoms with Gasteiger partial charge in [-0.15, -0.1) is 0 Å². The Bertz CT molecular complexity index is 310. The van der Waals surface area contributed by atoms with Gasteiger partial charge in [-0.1, -0.05) is 0 Å². The van der Waals surface area contributed by atoms with Gasteiger partial charge in [-0.25, -0.2) is 4.79 Å². The average molecular weight is 186 g/mol. The van der Waals surface area contributed by atoms with Gasteiger partial charge in [0.25, 0.3) is 0 Å². The molecule has 0 unspecified atom stereocenters. The first-order valence-electron chi connectivity index (χ1n) is 3.03. The summed E-state index contributed by atoms with van der Waals surface area (Å²) in [6, 6.07) is 3.69. The van der Waals surface area contributed by atoms with Crippen molar-refractivity contribution in [3.8, 4) is 11.5 Å². The summed E-state index contributed by atoms with van der Waals surface area (Å²) in [5.41, 5.74) is 0.0388. The van der Waals surface area contributed by atoms with Crippen molar-refractivity contribution in [3.63, 3.8) is 0 Å². The predicted molar refractivity (Wildman–Crippen MR) is 44.7 cm³/mol. The number of phenolic OH excluding ortho intramolecular Hbond substituents is 1. The molecule has 1 rings (SSSR count). The van der Waals surface area contributed by atoms with Crippen molar-refractivity contribution in [1.29, 1.82) is 0 Å². The highest BCUT2D eigenvalue weighted by molar-refractivity contribution is 7.75. The molecule has 0 fully saturated rings. The lowest BCUT2D eigenvalue weighted by Crippen LogP contribution is -1.95. The molecule has 0 aromatic heterocycles. The summed E-state index contributed by atoms with van der Waals surface area (Å²) < 4.78 is 4.42. The highest BCUT2D eigenvalue weighted by atomic mass is 32.1. The number of phenols is 1. The largest absolute Gasteiger partial charge is 0.504 e. The molecule has 1 aromatic carbocycles. The Hall–Kier alpha value is -1.36. The van der Waals surface area contributed by atoms with E-state index in [4.69, 9.17) is 10.2 Å². The molecule has 0 heterocycles. The van der Waals surface area contributed by atoms with Crippen LogP contribution in [0.25, 0.3) is 0 Å². The molecule has 0 saturated carbocycles. The fourth-order valence-corrected chi connectivity index (χ4v) is 0.867. The molecule has 0 aliphatic rings. The van der Waals surface area contributed by atoms with Crippen LogP contribution in [-0.4, -0.2) is 16.2 Å². The molecule has 4 nitrogen and oxygen atoms in total. The fraction of sp³-hybridized carbons (Fsp3) is 0. The van der Waals surface area contributed by atoms with Crippen LogP contribution in [0.3, 0.4) is 0 Å². The lowest BCUT2D eigenvalue weighted by molar-refractivity contribution is 0.0696. The monoisotopic (exact) mass is 186 g/mol. The summed E-state index contributed by atoms with van der Waals surface area (Å²) in [5, 5.41) is 17.6. The topological polar surface area (TPSA) is 66.8 Å². The summed E-state index contributed by atoms with van der Waals surface area (Å²) in [5.74, 6) is -1.20. The SMILES string of the molecule is O=C(O)c1ccc(O)c(OS)c1. The minimum atomic E-state index is -1.08. The van der Waals surface area contributed by atoms with Gasteiger partial charge in [0.15, 0.2) is 11.5 Å². The first-order valence-corrected chi connectivity index (χ1v) is 3.39. The number of carbonyl (C=O) groups is 1. The molecule has 0 spiro atoms. The smallest absolute Gasteiger partial charge is 0.335 e. The molecule has 0 radical (unpaired) electrons. The van der Waals surface area contributed by atoms with Gasteiger partial charge < -0.3 is 14.4 Å². The highest BCUT2D eigenvalue weighted by Crippen LogP contribution is 2.27. The van der Waals surface area contributed by atoms with Crippen molar-refractivity contribution < 1.29 is 19.2 Å². The van der Waals surface area contributed by atoms with Crippen LogP contribution < -0.4 is 4.18 Å². The molecule has 0 bridgehead atoms. The van der Waals surface area contributed by atoms with Gasteiger partial charge in [-0.3, -0.25) is 0 Å². The summed E-state index contributed by atoms with van der Waals surface area (Å²) in [6.45, 7) is 0. The molecule has 0 aliphatic heterocycles. The molecule has 1 aromatic rings. The molecule has 0 atom stereocenters. The van der Waals surface area contributed by atoms with Gasteiger partial charge >= 0.3 is 5.97 Å². The molecule has 0 saturated heterocycles. The van der Waals surface area contributed by atoms with E-state index in [2.05, 4.69) is 17.1 Å². The van der Waals surface area contributed by atoms with Gasteiger partial charge in [0, 0.05) is 19.0 Å². The third-order valence-electron chi connectivity index (χ3n) is 1.31. The zero-order valence-corrected chi connectivity index (χ0v) is 6.78. The van der Waals surface area contributed by atoms with E-state index >= 15 is 0 Å². The third-order valence-corrected chi connectivity index (χ3v) is 1.50. The number of carboxylic acid groups (broad SMARTS) is 1. The minimum absolute atomic E-state index is 0.0261.